The molecule has 0 aliphatic carbocycles. The molecule has 2 saturated heterocycles. The Morgan fingerprint density at radius 3 is 1.94 bits per heavy atom. The first-order valence-electron chi connectivity index (χ1n) is 11.2. The molecule has 0 spiro atoms. The lowest BCUT2D eigenvalue weighted by Crippen LogP contribution is -2.59. The Balaban J connectivity index is 1.47. The smallest absolute Gasteiger partial charge is 0.267 e. The van der Waals surface area contributed by atoms with E-state index in [0.717, 1.165) is 16.7 Å². The molecule has 1 aromatic heterocycles. The highest BCUT2D eigenvalue weighted by molar-refractivity contribution is 5.90. The van der Waals surface area contributed by atoms with Crippen molar-refractivity contribution in [2.45, 2.75) is 43.4 Å². The Bertz CT molecular complexity index is 1110. The molecule has 6 atom stereocenters. The Hall–Kier alpha value is -3.14. The van der Waals surface area contributed by atoms with Crippen LogP contribution >= 0.6 is 0 Å². The number of nitrogens with zero attached hydrogens (tertiary/aromatic N) is 1. The second kappa shape index (κ2) is 10.0. The number of carbonyl (C=O) groups excluding carboxylic acids is 1. The van der Waals surface area contributed by atoms with E-state index in [-0.39, 0.29) is 12.3 Å². The molecule has 3 heterocycles. The Morgan fingerprint density at radius 1 is 0.824 bits per heavy atom. The maximum Gasteiger partial charge on any atom is 0.267 e. The summed E-state index contributed by atoms with van der Waals surface area (Å²) in [6.45, 7) is -0.233. The van der Waals surface area contributed by atoms with Gasteiger partial charge in [0.2, 0.25) is 0 Å². The van der Waals surface area contributed by atoms with Gasteiger partial charge in [0.15, 0.2) is 12.6 Å². The van der Waals surface area contributed by atoms with Gasteiger partial charge in [0.05, 0.1) is 12.7 Å². The van der Waals surface area contributed by atoms with Crippen molar-refractivity contribution in [2.75, 3.05) is 6.61 Å². The molecule has 2 aromatic carbocycles. The lowest BCUT2D eigenvalue weighted by atomic mass is 9.94. The van der Waals surface area contributed by atoms with Crippen molar-refractivity contribution in [3.8, 4) is 0 Å². The van der Waals surface area contributed by atoms with Crippen LogP contribution in [-0.4, -0.2) is 47.0 Å². The molecule has 8 nitrogen and oxygen atoms in total. The van der Waals surface area contributed by atoms with Crippen LogP contribution in [0.1, 0.15) is 39.8 Å². The number of aliphatic hydroxyl groups excluding tert-OH is 1. The number of hydrogen-bond acceptors (Lipinski definition) is 7. The molecule has 1 amide bonds. The van der Waals surface area contributed by atoms with E-state index in [0.29, 0.717) is 6.42 Å². The molecular weight excluding hydrogens is 436 g/mol. The van der Waals surface area contributed by atoms with Gasteiger partial charge < -0.3 is 29.8 Å². The molecule has 176 valence electrons. The van der Waals surface area contributed by atoms with Gasteiger partial charge in [0, 0.05) is 23.7 Å². The first-order chi connectivity index (χ1) is 16.6. The number of primary amides is 1. The molecule has 3 N–H and O–H groups in total. The van der Waals surface area contributed by atoms with Gasteiger partial charge in [0.1, 0.15) is 24.0 Å². The zero-order chi connectivity index (χ0) is 23.5. The predicted molar refractivity (Wildman–Crippen MR) is 121 cm³/mol. The molecule has 8 heteroatoms. The summed E-state index contributed by atoms with van der Waals surface area (Å²) in [5.41, 5.74) is 8.11. The Morgan fingerprint density at radius 2 is 1.38 bits per heavy atom. The first kappa shape index (κ1) is 22.6. The molecular formula is C26H26N2O6. The fourth-order valence-corrected chi connectivity index (χ4v) is 4.39. The third-order valence-electron chi connectivity index (χ3n) is 6.05. The number of fused-ring (bicyclic) bond motifs is 1. The van der Waals surface area contributed by atoms with E-state index in [1.54, 1.807) is 12.3 Å². The van der Waals surface area contributed by atoms with Gasteiger partial charge in [-0.15, -0.1) is 0 Å². The first-order valence-corrected chi connectivity index (χ1v) is 11.2. The standard InChI is InChI=1S/C26H26N2O6/c27-24(30)19-13-16(11-12-28-19)14-20-22-23(34-25(31-20)17-7-3-1-4-8-17)21(15-29)32-26(33-22)18-9-5-2-6-10-18/h1-13,20-23,25-26,29H,14-15H2,(H2,27,30)/t20-,21-,22+,23-,25?,26?/m1/s1. The maximum absolute atomic E-state index is 11.6. The highest BCUT2D eigenvalue weighted by Gasteiger charge is 2.50. The van der Waals surface area contributed by atoms with Crippen LogP contribution < -0.4 is 5.73 Å². The molecule has 0 bridgehead atoms. The minimum Gasteiger partial charge on any atom is -0.394 e. The number of pyridine rings is 1. The van der Waals surface area contributed by atoms with Gasteiger partial charge in [-0.2, -0.15) is 0 Å². The zero-order valence-corrected chi connectivity index (χ0v) is 18.4. The van der Waals surface area contributed by atoms with Crippen LogP contribution in [0, 0.1) is 0 Å². The van der Waals surface area contributed by atoms with Gasteiger partial charge in [0.25, 0.3) is 5.91 Å². The van der Waals surface area contributed by atoms with Crippen molar-refractivity contribution in [1.82, 2.24) is 4.98 Å². The minimum atomic E-state index is -0.679. The highest BCUT2D eigenvalue weighted by Crippen LogP contribution is 2.41. The molecule has 0 saturated carbocycles. The number of rotatable bonds is 6. The van der Waals surface area contributed by atoms with E-state index in [1.165, 1.54) is 0 Å². The molecule has 2 aliphatic rings. The molecule has 34 heavy (non-hydrogen) atoms. The summed E-state index contributed by atoms with van der Waals surface area (Å²) in [5, 5.41) is 10.2. The second-order valence-electron chi connectivity index (χ2n) is 8.34. The average molecular weight is 463 g/mol. The normalized spacial score (nSPS) is 28.7. The van der Waals surface area contributed by atoms with Crippen LogP contribution in [0.2, 0.25) is 0 Å². The van der Waals surface area contributed by atoms with E-state index in [9.17, 15) is 9.90 Å². The topological polar surface area (TPSA) is 113 Å². The minimum absolute atomic E-state index is 0.184. The van der Waals surface area contributed by atoms with Crippen LogP contribution in [-0.2, 0) is 25.4 Å². The largest absolute Gasteiger partial charge is 0.394 e. The Kier molecular flexibility index (Phi) is 6.66. The number of carbonyl (C=O) groups is 1. The zero-order valence-electron chi connectivity index (χ0n) is 18.4. The second-order valence-corrected chi connectivity index (χ2v) is 8.34. The van der Waals surface area contributed by atoms with Crippen molar-refractivity contribution in [1.29, 1.82) is 0 Å². The summed E-state index contributed by atoms with van der Waals surface area (Å²) in [5.74, 6) is -0.596. The maximum atomic E-state index is 11.6. The fraction of sp³-hybridized carbons (Fsp3) is 0.308. The molecule has 3 aromatic rings. The number of benzene rings is 2. The van der Waals surface area contributed by atoms with E-state index >= 15 is 0 Å². The van der Waals surface area contributed by atoms with Crippen molar-refractivity contribution in [3.05, 3.63) is 101 Å². The summed E-state index contributed by atoms with van der Waals surface area (Å²) >= 11 is 0. The fourth-order valence-electron chi connectivity index (χ4n) is 4.39. The van der Waals surface area contributed by atoms with Crippen molar-refractivity contribution in [3.63, 3.8) is 0 Å². The molecule has 0 radical (unpaired) electrons. The Labute approximate surface area is 197 Å². The summed E-state index contributed by atoms with van der Waals surface area (Å²) in [6, 6.07) is 22.6. The third-order valence-corrected chi connectivity index (χ3v) is 6.05. The summed E-state index contributed by atoms with van der Waals surface area (Å²) in [7, 11) is 0. The number of amides is 1. The van der Waals surface area contributed by atoms with E-state index in [2.05, 4.69) is 4.98 Å². The summed E-state index contributed by atoms with van der Waals surface area (Å²) in [4.78, 5) is 15.7. The summed E-state index contributed by atoms with van der Waals surface area (Å²) in [6.07, 6.45) is -1.52. The molecule has 2 unspecified atom stereocenters. The van der Waals surface area contributed by atoms with Crippen LogP contribution in [0.15, 0.2) is 79.0 Å². The molecule has 2 fully saturated rings. The van der Waals surface area contributed by atoms with Crippen LogP contribution in [0.5, 0.6) is 0 Å². The van der Waals surface area contributed by atoms with Crippen molar-refractivity contribution in [2.24, 2.45) is 5.73 Å². The van der Waals surface area contributed by atoms with Gasteiger partial charge in [-0.3, -0.25) is 9.78 Å². The van der Waals surface area contributed by atoms with Gasteiger partial charge >= 0.3 is 0 Å². The van der Waals surface area contributed by atoms with E-state index < -0.39 is 42.9 Å². The lowest BCUT2D eigenvalue weighted by molar-refractivity contribution is -0.384. The third kappa shape index (κ3) is 4.72. The lowest BCUT2D eigenvalue weighted by Gasteiger charge is -2.49. The SMILES string of the molecule is NC(=O)c1cc(C[C@H]2OC(c3ccccc3)O[C@H]3[C@H]2OC(c2ccccc2)O[C@@H]3CO)ccn1. The molecule has 5 rings (SSSR count). The monoisotopic (exact) mass is 462 g/mol. The van der Waals surface area contributed by atoms with E-state index in [1.807, 2.05) is 66.7 Å². The van der Waals surface area contributed by atoms with Gasteiger partial charge in [-0.25, -0.2) is 0 Å². The van der Waals surface area contributed by atoms with Crippen LogP contribution in [0.3, 0.4) is 0 Å². The van der Waals surface area contributed by atoms with Crippen molar-refractivity contribution >= 4 is 5.91 Å². The van der Waals surface area contributed by atoms with Gasteiger partial charge in [-0.05, 0) is 17.7 Å². The van der Waals surface area contributed by atoms with Crippen LogP contribution in [0.4, 0.5) is 0 Å². The summed E-state index contributed by atoms with van der Waals surface area (Å²) < 4.78 is 25.1. The van der Waals surface area contributed by atoms with E-state index in [4.69, 9.17) is 24.7 Å². The van der Waals surface area contributed by atoms with Crippen molar-refractivity contribution < 1.29 is 28.8 Å². The highest BCUT2D eigenvalue weighted by atomic mass is 16.8. The molecule has 2 aliphatic heterocycles. The number of nitrogens with two attached hydrogens (primary N) is 1. The number of aromatic nitrogens is 1. The average Bonchev–Trinajstić information content (AvgIpc) is 2.89. The predicted octanol–water partition coefficient (Wildman–Crippen LogP) is 2.68. The number of hydrogen-bond donors (Lipinski definition) is 2. The number of aliphatic hydroxyl groups is 1. The quantitative estimate of drug-likeness (QED) is 0.579. The number of ether oxygens (including phenoxy) is 4. The van der Waals surface area contributed by atoms with Gasteiger partial charge in [-0.1, -0.05) is 60.7 Å². The van der Waals surface area contributed by atoms with Crippen LogP contribution in [0.25, 0.3) is 0 Å².